The van der Waals surface area contributed by atoms with Gasteiger partial charge in [0, 0.05) is 24.0 Å². The van der Waals surface area contributed by atoms with Crippen LogP contribution in [0.1, 0.15) is 12.8 Å². The quantitative estimate of drug-likeness (QED) is 0.797. The Morgan fingerprint density at radius 2 is 2.21 bits per heavy atom. The van der Waals surface area contributed by atoms with Gasteiger partial charge in [-0.3, -0.25) is 5.32 Å². The van der Waals surface area contributed by atoms with Crippen LogP contribution in [-0.4, -0.2) is 55.2 Å². The number of thiazole rings is 1. The molecule has 2 aromatic rings. The van der Waals surface area contributed by atoms with E-state index in [2.05, 4.69) is 15.3 Å². The summed E-state index contributed by atoms with van der Waals surface area (Å²) in [6.07, 6.45) is 2.25. The van der Waals surface area contributed by atoms with Crippen molar-refractivity contribution in [1.29, 1.82) is 0 Å². The van der Waals surface area contributed by atoms with Crippen molar-refractivity contribution < 1.29 is 9.13 Å². The topological polar surface area (TPSA) is 46.5 Å². The summed E-state index contributed by atoms with van der Waals surface area (Å²) in [5.74, 6) is 0.554. The zero-order chi connectivity index (χ0) is 16.4. The van der Waals surface area contributed by atoms with Gasteiger partial charge in [-0.25, -0.2) is 18.0 Å². The third-order valence-electron chi connectivity index (χ3n) is 5.53. The molecule has 1 atom stereocenters. The Morgan fingerprint density at radius 1 is 1.38 bits per heavy atom. The van der Waals surface area contributed by atoms with Gasteiger partial charge in [-0.15, -0.1) is 0 Å². The van der Waals surface area contributed by atoms with E-state index >= 15 is 0 Å². The van der Waals surface area contributed by atoms with Crippen molar-refractivity contribution in [2.24, 2.45) is 10.9 Å². The average molecular weight is 360 g/mol. The number of halogens is 1. The first-order chi connectivity index (χ1) is 11.5. The minimum Gasteiger partial charge on any atom is -0.585 e. The van der Waals surface area contributed by atoms with E-state index in [0.29, 0.717) is 22.9 Å². The summed E-state index contributed by atoms with van der Waals surface area (Å²) in [4.78, 5) is 9.18. The number of aliphatic imine (C=N–C) groups is 1. The predicted octanol–water partition coefficient (Wildman–Crippen LogP) is 2.81. The number of hydrogen-bond donors (Lipinski definition) is 1. The van der Waals surface area contributed by atoms with Gasteiger partial charge in [-0.2, -0.15) is 0 Å². The minimum absolute atomic E-state index is 0.229. The molecule has 1 aromatic heterocycles. The first-order valence-electron chi connectivity index (χ1n) is 8.25. The highest BCUT2D eigenvalue weighted by molar-refractivity contribution is 7.22. The van der Waals surface area contributed by atoms with Gasteiger partial charge in [0.05, 0.1) is 23.3 Å². The number of fused-ring (bicyclic) bond motifs is 3. The molecule has 3 fully saturated rings. The molecule has 5 nitrogen and oxygen atoms in total. The smallest absolute Gasteiger partial charge is 0.292 e. The fraction of sp³-hybridized carbons (Fsp3) is 0.500. The van der Waals surface area contributed by atoms with Gasteiger partial charge in [-0.1, -0.05) is 22.9 Å². The van der Waals surface area contributed by atoms with E-state index in [-0.39, 0.29) is 5.60 Å². The van der Waals surface area contributed by atoms with E-state index in [1.807, 2.05) is 18.2 Å². The molecule has 4 aliphatic heterocycles. The summed E-state index contributed by atoms with van der Waals surface area (Å²) >= 11 is 7.59. The van der Waals surface area contributed by atoms with Crippen LogP contribution in [0.3, 0.4) is 0 Å². The highest BCUT2D eigenvalue weighted by Gasteiger charge is 2.54. The molecule has 1 unspecified atom stereocenters. The van der Waals surface area contributed by atoms with E-state index in [0.717, 1.165) is 52.8 Å². The van der Waals surface area contributed by atoms with Gasteiger partial charge in [-0.05, 0) is 31.0 Å². The summed E-state index contributed by atoms with van der Waals surface area (Å²) in [5.41, 5.74) is 0.697. The number of nitrogens with zero attached hydrogens (tertiary/aromatic N) is 3. The average Bonchev–Trinajstić information content (AvgIpc) is 3.11. The van der Waals surface area contributed by atoms with Gasteiger partial charge in [0.1, 0.15) is 0 Å². The van der Waals surface area contributed by atoms with E-state index in [4.69, 9.17) is 24.3 Å². The summed E-state index contributed by atoms with van der Waals surface area (Å²) in [6, 6.07) is 6.27. The van der Waals surface area contributed by atoms with E-state index in [1.54, 1.807) is 11.3 Å². The molecule has 4 aliphatic rings. The zero-order valence-electron chi connectivity index (χ0n) is 13.2. The molecule has 123 valence electrons. The second-order valence-corrected chi connectivity index (χ2v) is 8.61. The molecular weight excluding hydrogens is 343 g/mol. The van der Waals surface area contributed by atoms with Crippen LogP contribution in [0.15, 0.2) is 23.2 Å². The van der Waals surface area contributed by atoms with Crippen LogP contribution in [0.4, 0.5) is 5.13 Å². The number of ether oxygens (including phenoxy) is 1. The molecule has 8 heteroatoms. The fourth-order valence-electron chi connectivity index (χ4n) is 4.29. The zero-order valence-corrected chi connectivity index (χ0v) is 14.7. The molecule has 0 saturated carbocycles. The van der Waals surface area contributed by atoms with E-state index in [1.165, 1.54) is 0 Å². The molecule has 1 spiro atoms. The summed E-state index contributed by atoms with van der Waals surface area (Å²) in [7, 11) is 6.48. The number of anilines is 1. The van der Waals surface area contributed by atoms with Crippen molar-refractivity contribution in [2.45, 2.75) is 18.4 Å². The predicted molar refractivity (Wildman–Crippen MR) is 97.7 cm³/mol. The van der Waals surface area contributed by atoms with Crippen molar-refractivity contribution in [3.8, 4) is 0 Å². The second-order valence-electron chi connectivity index (χ2n) is 7.14. The van der Waals surface area contributed by atoms with E-state index < -0.39 is 0 Å². The molecule has 1 N–H and O–H groups in total. The Labute approximate surface area is 150 Å². The van der Waals surface area contributed by atoms with Crippen molar-refractivity contribution in [1.82, 2.24) is 4.98 Å². The van der Waals surface area contributed by atoms with Crippen molar-refractivity contribution in [2.75, 3.05) is 31.5 Å². The van der Waals surface area contributed by atoms with Crippen LogP contribution in [0.2, 0.25) is 5.02 Å². The van der Waals surface area contributed by atoms with Crippen LogP contribution in [0.5, 0.6) is 0 Å². The number of quaternary nitrogens is 1. The van der Waals surface area contributed by atoms with Crippen molar-refractivity contribution in [3.05, 3.63) is 23.2 Å². The number of rotatable bonds is 1. The lowest BCUT2D eigenvalue weighted by atomic mass is 9.72. The Morgan fingerprint density at radius 3 is 3.00 bits per heavy atom. The number of hydrogen-bond acceptors (Lipinski definition) is 5. The molecule has 24 heavy (non-hydrogen) atoms. The second kappa shape index (κ2) is 5.10. The summed E-state index contributed by atoms with van der Waals surface area (Å²) < 4.78 is 7.97. The highest BCUT2D eigenvalue weighted by Crippen LogP contribution is 2.43. The van der Waals surface area contributed by atoms with Crippen molar-refractivity contribution >= 4 is 52.3 Å². The molecular formula is C16H17BClN4OS. The van der Waals surface area contributed by atoms with Crippen LogP contribution in [-0.2, 0) is 4.74 Å². The lowest BCUT2D eigenvalue weighted by Crippen LogP contribution is -2.69. The van der Waals surface area contributed by atoms with Gasteiger partial charge < -0.3 is 9.13 Å². The molecule has 2 bridgehead atoms. The fourth-order valence-corrected chi connectivity index (χ4v) is 5.43. The lowest BCUT2D eigenvalue weighted by molar-refractivity contribution is -0.845. The van der Waals surface area contributed by atoms with Gasteiger partial charge >= 0.3 is 0 Å². The summed E-state index contributed by atoms with van der Waals surface area (Å²) in [5, 5.41) is 4.73. The van der Waals surface area contributed by atoms with Crippen LogP contribution >= 0.6 is 22.9 Å². The first-order valence-corrected chi connectivity index (χ1v) is 9.44. The third-order valence-corrected chi connectivity index (χ3v) is 6.70. The highest BCUT2D eigenvalue weighted by atomic mass is 35.5. The van der Waals surface area contributed by atoms with Crippen LogP contribution < -0.4 is 5.32 Å². The Balaban J connectivity index is 1.35. The van der Waals surface area contributed by atoms with Crippen LogP contribution in [0.25, 0.3) is 10.2 Å². The molecule has 3 radical (unpaired) electrons. The molecule has 3 saturated heterocycles. The lowest BCUT2D eigenvalue weighted by Gasteiger charge is -2.64. The maximum absolute atomic E-state index is 6.48. The van der Waals surface area contributed by atoms with E-state index in [9.17, 15) is 0 Å². The number of amidine groups is 1. The summed E-state index contributed by atoms with van der Waals surface area (Å²) in [6.45, 7) is 3.64. The first kappa shape index (κ1) is 15.0. The molecule has 6 rings (SSSR count). The molecule has 0 aliphatic carbocycles. The van der Waals surface area contributed by atoms with Crippen molar-refractivity contribution in [3.63, 3.8) is 0 Å². The standard InChI is InChI=1S/C16H17BClN4OS/c17-22-5-3-10(4-6-22)16(9-22)8-19-14(23-16)21-15-20-12-2-1-11(18)7-13(12)24-15/h1-2,7,10H,3-6,8-9H2,(H,19,20,21). The SMILES string of the molecule is [B-][N+]12CCC(CC1)C1(CN=C(Nc3nc4ccc(Cl)cc4s3)O1)C2. The third kappa shape index (κ3) is 2.33. The number of nitrogens with one attached hydrogen (secondary N) is 1. The molecule has 1 aromatic carbocycles. The number of piperidine rings is 3. The van der Waals surface area contributed by atoms with Gasteiger partial charge in [0.25, 0.3) is 6.02 Å². The van der Waals surface area contributed by atoms with Crippen LogP contribution in [0, 0.1) is 5.92 Å². The maximum atomic E-state index is 6.48. The van der Waals surface area contributed by atoms with Gasteiger partial charge in [0.15, 0.2) is 10.7 Å². The molecule has 0 amide bonds. The Hall–Kier alpha value is -1.31. The maximum Gasteiger partial charge on any atom is 0.292 e. The number of benzene rings is 1. The normalized spacial score (nSPS) is 34.6. The Bertz CT molecular complexity index is 848. The largest absolute Gasteiger partial charge is 0.585 e. The minimum atomic E-state index is -0.229. The monoisotopic (exact) mass is 359 g/mol. The number of aromatic nitrogens is 1. The molecule has 5 heterocycles. The van der Waals surface area contributed by atoms with Gasteiger partial charge in [0.2, 0.25) is 0 Å². The Kier molecular flexibility index (Phi) is 3.18.